The van der Waals surface area contributed by atoms with Gasteiger partial charge in [0, 0.05) is 5.56 Å². The molecule has 1 unspecified atom stereocenters. The summed E-state index contributed by atoms with van der Waals surface area (Å²) in [6.07, 6.45) is 0.910. The van der Waals surface area contributed by atoms with Crippen molar-refractivity contribution in [1.29, 1.82) is 0 Å². The van der Waals surface area contributed by atoms with E-state index in [9.17, 15) is 17.6 Å². The van der Waals surface area contributed by atoms with Crippen molar-refractivity contribution in [3.63, 3.8) is 0 Å². The van der Waals surface area contributed by atoms with E-state index in [-0.39, 0.29) is 11.3 Å². The molecule has 2 aromatic rings. The van der Waals surface area contributed by atoms with E-state index in [0.29, 0.717) is 0 Å². The van der Waals surface area contributed by atoms with Crippen LogP contribution in [0.5, 0.6) is 0 Å². The quantitative estimate of drug-likeness (QED) is 0.662. The van der Waals surface area contributed by atoms with E-state index in [1.807, 2.05) is 0 Å². The molecule has 2 nitrogen and oxygen atoms in total. The van der Waals surface area contributed by atoms with Gasteiger partial charge in [0.15, 0.2) is 17.5 Å². The van der Waals surface area contributed by atoms with Crippen molar-refractivity contribution in [2.75, 3.05) is 0 Å². The molecule has 94 valence electrons. The van der Waals surface area contributed by atoms with E-state index in [1.54, 1.807) is 0 Å². The van der Waals surface area contributed by atoms with Crippen LogP contribution in [0.3, 0.4) is 0 Å². The van der Waals surface area contributed by atoms with Crippen LogP contribution >= 0.6 is 0 Å². The van der Waals surface area contributed by atoms with Crippen LogP contribution in [-0.2, 0) is 0 Å². The summed E-state index contributed by atoms with van der Waals surface area (Å²) in [5.74, 6) is -4.83. The monoisotopic (exact) mass is 256 g/mol. The first-order chi connectivity index (χ1) is 8.50. The summed E-state index contributed by atoms with van der Waals surface area (Å²) >= 11 is 0. The number of nitrogens with two attached hydrogens (primary N) is 1. The van der Waals surface area contributed by atoms with Gasteiger partial charge >= 0.3 is 0 Å². The lowest BCUT2D eigenvalue weighted by atomic mass is 10.0. The third kappa shape index (κ3) is 2.19. The molecule has 0 amide bonds. The highest BCUT2D eigenvalue weighted by atomic mass is 19.2. The number of hydrogen-bond acceptors (Lipinski definition) is 2. The van der Waals surface area contributed by atoms with E-state index >= 15 is 0 Å². The van der Waals surface area contributed by atoms with E-state index in [2.05, 4.69) is 4.98 Å². The van der Waals surface area contributed by atoms with Crippen LogP contribution in [-0.4, -0.2) is 4.98 Å². The minimum absolute atomic E-state index is 0.154. The minimum atomic E-state index is -1.59. The highest BCUT2D eigenvalue weighted by Crippen LogP contribution is 2.23. The molecule has 0 fully saturated rings. The molecule has 0 aliphatic rings. The Morgan fingerprint density at radius 3 is 2.28 bits per heavy atom. The van der Waals surface area contributed by atoms with Gasteiger partial charge in [0.2, 0.25) is 0 Å². The molecular weight excluding hydrogens is 248 g/mol. The fraction of sp³-hybridized carbons (Fsp3) is 0.0833. The van der Waals surface area contributed by atoms with Crippen molar-refractivity contribution >= 4 is 0 Å². The zero-order valence-electron chi connectivity index (χ0n) is 9.00. The molecule has 0 spiro atoms. The van der Waals surface area contributed by atoms with Crippen LogP contribution in [0.2, 0.25) is 0 Å². The molecule has 1 aromatic carbocycles. The lowest BCUT2D eigenvalue weighted by molar-refractivity contribution is 0.438. The van der Waals surface area contributed by atoms with Crippen molar-refractivity contribution in [2.24, 2.45) is 5.73 Å². The Kier molecular flexibility index (Phi) is 3.29. The van der Waals surface area contributed by atoms with Gasteiger partial charge < -0.3 is 5.73 Å². The van der Waals surface area contributed by atoms with Crippen LogP contribution in [0.25, 0.3) is 0 Å². The molecule has 0 bridgehead atoms. The number of benzene rings is 1. The predicted octanol–water partition coefficient (Wildman–Crippen LogP) is 2.69. The van der Waals surface area contributed by atoms with Crippen molar-refractivity contribution in [2.45, 2.75) is 6.04 Å². The first-order valence-electron chi connectivity index (χ1n) is 5.01. The summed E-state index contributed by atoms with van der Waals surface area (Å²) in [5.41, 5.74) is 5.58. The van der Waals surface area contributed by atoms with Crippen LogP contribution in [0.1, 0.15) is 17.3 Å². The van der Waals surface area contributed by atoms with Crippen molar-refractivity contribution < 1.29 is 17.6 Å². The van der Waals surface area contributed by atoms with E-state index < -0.39 is 29.3 Å². The maximum atomic E-state index is 13.5. The standard InChI is InChI=1S/C12H8F4N2/c13-6-1-4-9(18-5-6)12(17)7-2-3-8(14)11(16)10(7)15/h1-5,12H,17H2. The van der Waals surface area contributed by atoms with Gasteiger partial charge in [-0.25, -0.2) is 17.6 Å². The second kappa shape index (κ2) is 4.73. The average molecular weight is 256 g/mol. The molecule has 18 heavy (non-hydrogen) atoms. The van der Waals surface area contributed by atoms with E-state index in [4.69, 9.17) is 5.73 Å². The Bertz CT molecular complexity index is 569. The second-order valence-electron chi connectivity index (χ2n) is 3.64. The Morgan fingerprint density at radius 2 is 1.67 bits per heavy atom. The van der Waals surface area contributed by atoms with Crippen molar-refractivity contribution in [3.05, 3.63) is 65.0 Å². The minimum Gasteiger partial charge on any atom is -0.319 e. The number of rotatable bonds is 2. The summed E-state index contributed by atoms with van der Waals surface area (Å²) in [6, 6.07) is 3.06. The highest BCUT2D eigenvalue weighted by Gasteiger charge is 2.20. The smallest absolute Gasteiger partial charge is 0.194 e. The van der Waals surface area contributed by atoms with Gasteiger partial charge in [-0.15, -0.1) is 0 Å². The third-order valence-electron chi connectivity index (χ3n) is 2.47. The van der Waals surface area contributed by atoms with Crippen molar-refractivity contribution in [3.8, 4) is 0 Å². The normalized spacial score (nSPS) is 12.5. The zero-order valence-corrected chi connectivity index (χ0v) is 9.00. The second-order valence-corrected chi connectivity index (χ2v) is 3.64. The maximum Gasteiger partial charge on any atom is 0.194 e. The van der Waals surface area contributed by atoms with Crippen LogP contribution in [0.4, 0.5) is 17.6 Å². The fourth-order valence-electron chi connectivity index (χ4n) is 1.51. The first kappa shape index (κ1) is 12.5. The molecule has 6 heteroatoms. The average Bonchev–Trinajstić information content (AvgIpc) is 2.36. The number of aromatic nitrogens is 1. The molecule has 2 rings (SSSR count). The van der Waals surface area contributed by atoms with Gasteiger partial charge in [-0.1, -0.05) is 6.07 Å². The molecule has 0 aliphatic carbocycles. The topological polar surface area (TPSA) is 38.9 Å². The zero-order chi connectivity index (χ0) is 13.3. The largest absolute Gasteiger partial charge is 0.319 e. The molecule has 2 N–H and O–H groups in total. The summed E-state index contributed by atoms with van der Waals surface area (Å²) in [7, 11) is 0. The number of pyridine rings is 1. The maximum absolute atomic E-state index is 13.5. The summed E-state index contributed by atoms with van der Waals surface area (Å²) in [4.78, 5) is 3.66. The molecule has 0 saturated heterocycles. The highest BCUT2D eigenvalue weighted by molar-refractivity contribution is 5.29. The van der Waals surface area contributed by atoms with Crippen LogP contribution in [0.15, 0.2) is 30.5 Å². The van der Waals surface area contributed by atoms with Crippen molar-refractivity contribution in [1.82, 2.24) is 4.98 Å². The van der Waals surface area contributed by atoms with Gasteiger partial charge in [0.25, 0.3) is 0 Å². The number of nitrogens with zero attached hydrogens (tertiary/aromatic N) is 1. The molecule has 0 radical (unpaired) electrons. The number of hydrogen-bond donors (Lipinski definition) is 1. The molecule has 1 atom stereocenters. The number of halogens is 4. The lowest BCUT2D eigenvalue weighted by Gasteiger charge is -2.12. The SMILES string of the molecule is NC(c1ccc(F)cn1)c1ccc(F)c(F)c1F. The predicted molar refractivity (Wildman–Crippen MR) is 56.5 cm³/mol. The third-order valence-corrected chi connectivity index (χ3v) is 2.47. The molecular formula is C12H8F4N2. The lowest BCUT2D eigenvalue weighted by Crippen LogP contribution is -2.16. The van der Waals surface area contributed by atoms with Crippen LogP contribution < -0.4 is 5.73 Å². The molecule has 0 aliphatic heterocycles. The van der Waals surface area contributed by atoms with Crippen LogP contribution in [0, 0.1) is 23.3 Å². The van der Waals surface area contributed by atoms with Gasteiger partial charge in [-0.2, -0.15) is 0 Å². The Hall–Kier alpha value is -1.95. The van der Waals surface area contributed by atoms with Gasteiger partial charge in [0.1, 0.15) is 5.82 Å². The summed E-state index contributed by atoms with van der Waals surface area (Å²) in [5, 5.41) is 0. The van der Waals surface area contributed by atoms with Gasteiger partial charge in [0.05, 0.1) is 17.9 Å². The molecule has 1 heterocycles. The van der Waals surface area contributed by atoms with E-state index in [1.165, 1.54) is 6.07 Å². The molecule has 0 saturated carbocycles. The Balaban J connectivity index is 2.43. The Labute approximate surface area is 100 Å². The van der Waals surface area contributed by atoms with Gasteiger partial charge in [-0.05, 0) is 18.2 Å². The Morgan fingerprint density at radius 1 is 0.944 bits per heavy atom. The first-order valence-corrected chi connectivity index (χ1v) is 5.01. The molecule has 1 aromatic heterocycles. The summed E-state index contributed by atoms with van der Waals surface area (Å²) in [6.45, 7) is 0. The fourth-order valence-corrected chi connectivity index (χ4v) is 1.51. The summed E-state index contributed by atoms with van der Waals surface area (Å²) < 4.78 is 51.9. The van der Waals surface area contributed by atoms with Gasteiger partial charge in [-0.3, -0.25) is 4.98 Å². The van der Waals surface area contributed by atoms with E-state index in [0.717, 1.165) is 24.4 Å².